The van der Waals surface area contributed by atoms with Crippen molar-refractivity contribution in [3.63, 3.8) is 0 Å². The standard InChI is InChI=1S/C14H16N2O3/c1-15-6-2-4-11(15)12-10-18-9-7-16(12)14(17)13-5-3-8-19-13/h2-6,8,12H,7,9-10H2,1H3/t12-/m0/s1. The number of hydrogen-bond acceptors (Lipinski definition) is 3. The Morgan fingerprint density at radius 1 is 1.37 bits per heavy atom. The Balaban J connectivity index is 1.90. The Hall–Kier alpha value is -2.01. The molecule has 5 heteroatoms. The van der Waals surface area contributed by atoms with Gasteiger partial charge in [0.2, 0.25) is 0 Å². The maximum absolute atomic E-state index is 12.4. The van der Waals surface area contributed by atoms with Crippen molar-refractivity contribution in [2.45, 2.75) is 6.04 Å². The minimum Gasteiger partial charge on any atom is -0.459 e. The Labute approximate surface area is 111 Å². The molecule has 0 radical (unpaired) electrons. The number of carbonyl (C=O) groups is 1. The molecule has 1 aliphatic rings. The average Bonchev–Trinajstić information content (AvgIpc) is 3.09. The van der Waals surface area contributed by atoms with Gasteiger partial charge in [-0.25, -0.2) is 0 Å². The Bertz CT molecular complexity index is 559. The topological polar surface area (TPSA) is 47.6 Å². The summed E-state index contributed by atoms with van der Waals surface area (Å²) in [6.07, 6.45) is 3.49. The van der Waals surface area contributed by atoms with Crippen molar-refractivity contribution >= 4 is 5.91 Å². The average molecular weight is 260 g/mol. The summed E-state index contributed by atoms with van der Waals surface area (Å²) in [5, 5.41) is 0. The third-order valence-electron chi connectivity index (χ3n) is 3.45. The van der Waals surface area contributed by atoms with Gasteiger partial charge in [0.05, 0.1) is 25.5 Å². The van der Waals surface area contributed by atoms with Gasteiger partial charge in [0.15, 0.2) is 5.76 Å². The monoisotopic (exact) mass is 260 g/mol. The lowest BCUT2D eigenvalue weighted by Crippen LogP contribution is -2.43. The maximum Gasteiger partial charge on any atom is 0.290 e. The Kier molecular flexibility index (Phi) is 3.13. The zero-order chi connectivity index (χ0) is 13.2. The number of aromatic nitrogens is 1. The number of amides is 1. The molecular formula is C14H16N2O3. The van der Waals surface area contributed by atoms with Crippen molar-refractivity contribution in [3.05, 3.63) is 48.2 Å². The van der Waals surface area contributed by atoms with Crippen molar-refractivity contribution < 1.29 is 13.9 Å². The lowest BCUT2D eigenvalue weighted by atomic mass is 10.1. The normalized spacial score (nSPS) is 19.6. The van der Waals surface area contributed by atoms with E-state index in [-0.39, 0.29) is 11.9 Å². The molecule has 1 amide bonds. The highest BCUT2D eigenvalue weighted by atomic mass is 16.5. The second kappa shape index (κ2) is 4.93. The second-order valence-electron chi connectivity index (χ2n) is 4.61. The van der Waals surface area contributed by atoms with Crippen molar-refractivity contribution in [1.82, 2.24) is 9.47 Å². The molecule has 1 atom stereocenters. The lowest BCUT2D eigenvalue weighted by Gasteiger charge is -2.35. The molecule has 1 saturated heterocycles. The van der Waals surface area contributed by atoms with Crippen LogP contribution < -0.4 is 0 Å². The fourth-order valence-corrected chi connectivity index (χ4v) is 2.45. The smallest absolute Gasteiger partial charge is 0.290 e. The quantitative estimate of drug-likeness (QED) is 0.827. The van der Waals surface area contributed by atoms with Gasteiger partial charge in [-0.1, -0.05) is 0 Å². The molecule has 3 heterocycles. The summed E-state index contributed by atoms with van der Waals surface area (Å²) in [5.41, 5.74) is 1.07. The van der Waals surface area contributed by atoms with Gasteiger partial charge in [0.1, 0.15) is 0 Å². The molecule has 0 aromatic carbocycles. The predicted octanol–water partition coefficient (Wildman–Crippen LogP) is 1.83. The zero-order valence-electron chi connectivity index (χ0n) is 10.8. The molecular weight excluding hydrogens is 244 g/mol. The molecule has 0 bridgehead atoms. The van der Waals surface area contributed by atoms with Crippen molar-refractivity contribution in [2.75, 3.05) is 19.8 Å². The third kappa shape index (κ3) is 2.17. The number of furan rings is 1. The van der Waals surface area contributed by atoms with Crippen molar-refractivity contribution in [1.29, 1.82) is 0 Å². The number of rotatable bonds is 2. The fraction of sp³-hybridized carbons (Fsp3) is 0.357. The van der Waals surface area contributed by atoms with Crippen LogP contribution in [-0.4, -0.2) is 35.1 Å². The zero-order valence-corrected chi connectivity index (χ0v) is 10.8. The molecule has 2 aromatic rings. The summed E-state index contributed by atoms with van der Waals surface area (Å²) in [6, 6.07) is 7.35. The van der Waals surface area contributed by atoms with Crippen LogP contribution in [0.5, 0.6) is 0 Å². The van der Waals surface area contributed by atoms with Crippen LogP contribution in [0.25, 0.3) is 0 Å². The highest BCUT2D eigenvalue weighted by molar-refractivity contribution is 5.91. The van der Waals surface area contributed by atoms with E-state index in [0.29, 0.717) is 25.5 Å². The summed E-state index contributed by atoms with van der Waals surface area (Å²) < 4.78 is 12.7. The molecule has 0 saturated carbocycles. The summed E-state index contributed by atoms with van der Waals surface area (Å²) in [5.74, 6) is 0.292. The second-order valence-corrected chi connectivity index (χ2v) is 4.61. The highest BCUT2D eigenvalue weighted by Gasteiger charge is 2.31. The third-order valence-corrected chi connectivity index (χ3v) is 3.45. The molecule has 0 spiro atoms. The van der Waals surface area contributed by atoms with Gasteiger partial charge in [-0.15, -0.1) is 0 Å². The summed E-state index contributed by atoms with van der Waals surface area (Å²) in [4.78, 5) is 14.3. The fourth-order valence-electron chi connectivity index (χ4n) is 2.45. The SMILES string of the molecule is Cn1cccc1[C@@H]1COCCN1C(=O)c1ccco1. The minimum atomic E-state index is -0.0838. The first-order chi connectivity index (χ1) is 9.27. The van der Waals surface area contributed by atoms with Crippen LogP contribution in [0.2, 0.25) is 0 Å². The number of hydrogen-bond donors (Lipinski definition) is 0. The van der Waals surface area contributed by atoms with Crippen LogP contribution in [0.1, 0.15) is 22.3 Å². The van der Waals surface area contributed by atoms with Gasteiger partial charge in [-0.2, -0.15) is 0 Å². The van der Waals surface area contributed by atoms with E-state index in [2.05, 4.69) is 0 Å². The van der Waals surface area contributed by atoms with E-state index in [0.717, 1.165) is 5.69 Å². The summed E-state index contributed by atoms with van der Waals surface area (Å²) >= 11 is 0. The van der Waals surface area contributed by atoms with Gasteiger partial charge < -0.3 is 18.6 Å². The van der Waals surface area contributed by atoms with E-state index in [9.17, 15) is 4.79 Å². The Morgan fingerprint density at radius 2 is 2.26 bits per heavy atom. The van der Waals surface area contributed by atoms with Crippen molar-refractivity contribution in [3.8, 4) is 0 Å². The first-order valence-electron chi connectivity index (χ1n) is 6.31. The van der Waals surface area contributed by atoms with E-state index in [1.165, 1.54) is 6.26 Å². The summed E-state index contributed by atoms with van der Waals surface area (Å²) in [7, 11) is 1.97. The molecule has 3 rings (SSSR count). The van der Waals surface area contributed by atoms with E-state index in [4.69, 9.17) is 9.15 Å². The van der Waals surface area contributed by atoms with Gasteiger partial charge >= 0.3 is 0 Å². The molecule has 1 aliphatic heterocycles. The van der Waals surface area contributed by atoms with Crippen LogP contribution in [0.3, 0.4) is 0 Å². The van der Waals surface area contributed by atoms with Gasteiger partial charge in [0, 0.05) is 25.5 Å². The largest absolute Gasteiger partial charge is 0.459 e. The molecule has 0 aliphatic carbocycles. The van der Waals surface area contributed by atoms with Gasteiger partial charge in [-0.3, -0.25) is 4.79 Å². The highest BCUT2D eigenvalue weighted by Crippen LogP contribution is 2.26. The van der Waals surface area contributed by atoms with Crippen molar-refractivity contribution in [2.24, 2.45) is 7.05 Å². The number of nitrogens with zero attached hydrogens (tertiary/aromatic N) is 2. The van der Waals surface area contributed by atoms with Crippen LogP contribution in [0.4, 0.5) is 0 Å². The molecule has 100 valence electrons. The first-order valence-corrected chi connectivity index (χ1v) is 6.31. The van der Waals surface area contributed by atoms with E-state index >= 15 is 0 Å². The van der Waals surface area contributed by atoms with Crippen LogP contribution in [0, 0.1) is 0 Å². The molecule has 19 heavy (non-hydrogen) atoms. The lowest BCUT2D eigenvalue weighted by molar-refractivity contribution is -0.00616. The number of aryl methyl sites for hydroxylation is 1. The summed E-state index contributed by atoms with van der Waals surface area (Å²) in [6.45, 7) is 1.66. The van der Waals surface area contributed by atoms with Crippen LogP contribution in [-0.2, 0) is 11.8 Å². The van der Waals surface area contributed by atoms with E-state index in [1.54, 1.807) is 12.1 Å². The number of morpholine rings is 1. The maximum atomic E-state index is 12.4. The Morgan fingerprint density at radius 3 is 2.95 bits per heavy atom. The molecule has 0 unspecified atom stereocenters. The minimum absolute atomic E-state index is 0.0636. The van der Waals surface area contributed by atoms with Gasteiger partial charge in [-0.05, 0) is 24.3 Å². The molecule has 5 nitrogen and oxygen atoms in total. The number of carbonyl (C=O) groups excluding carboxylic acids is 1. The number of ether oxygens (including phenoxy) is 1. The molecule has 0 N–H and O–H groups in total. The van der Waals surface area contributed by atoms with Gasteiger partial charge in [0.25, 0.3) is 5.91 Å². The first kappa shape index (κ1) is 12.0. The predicted molar refractivity (Wildman–Crippen MR) is 68.7 cm³/mol. The van der Waals surface area contributed by atoms with E-state index < -0.39 is 0 Å². The van der Waals surface area contributed by atoms with E-state index in [1.807, 2.05) is 34.8 Å². The molecule has 2 aromatic heterocycles. The molecule has 1 fully saturated rings. The van der Waals surface area contributed by atoms with Crippen LogP contribution in [0.15, 0.2) is 41.1 Å². The van der Waals surface area contributed by atoms with Crippen LogP contribution >= 0.6 is 0 Å².